The molecule has 3 N–H and O–H groups in total. The van der Waals surface area contributed by atoms with Crippen LogP contribution in [0.15, 0.2) is 54.6 Å². The normalized spacial score (nSPS) is 10.5. The molecule has 132 valence electrons. The molecule has 1 amide bonds. The Hall–Kier alpha value is -3.61. The predicted molar refractivity (Wildman–Crippen MR) is 92.6 cm³/mol. The average molecular weight is 355 g/mol. The summed E-state index contributed by atoms with van der Waals surface area (Å²) in [6, 6.07) is 12.6. The van der Waals surface area contributed by atoms with Crippen LogP contribution in [-0.2, 0) is 9.53 Å². The Morgan fingerprint density at radius 1 is 1.00 bits per heavy atom. The molecule has 26 heavy (non-hydrogen) atoms. The van der Waals surface area contributed by atoms with E-state index in [1.807, 2.05) is 0 Å². The largest absolute Gasteiger partial charge is 0.507 e. The van der Waals surface area contributed by atoms with Crippen LogP contribution in [0, 0.1) is 5.82 Å². The number of phenolic OH excluding ortho intramolecular Hbond substituents is 2. The second-order valence-corrected chi connectivity index (χ2v) is 5.47. The third-order valence-corrected chi connectivity index (χ3v) is 3.68. The fourth-order valence-electron chi connectivity index (χ4n) is 2.44. The van der Waals surface area contributed by atoms with E-state index in [9.17, 15) is 24.2 Å². The fraction of sp³-hybridized carbons (Fsp3) is 0.0526. The smallest absolute Gasteiger partial charge is 0.342 e. The maximum atomic E-state index is 12.8. The van der Waals surface area contributed by atoms with Crippen LogP contribution in [0.3, 0.4) is 0 Å². The van der Waals surface area contributed by atoms with Crippen molar-refractivity contribution in [2.75, 3.05) is 11.9 Å². The molecular formula is C19H14FNO5. The van der Waals surface area contributed by atoms with Crippen LogP contribution in [0.5, 0.6) is 11.5 Å². The number of halogens is 1. The highest BCUT2D eigenvalue weighted by molar-refractivity contribution is 6.04. The summed E-state index contributed by atoms with van der Waals surface area (Å²) in [5.74, 6) is -2.57. The van der Waals surface area contributed by atoms with Gasteiger partial charge in [-0.25, -0.2) is 9.18 Å². The highest BCUT2D eigenvalue weighted by atomic mass is 19.1. The van der Waals surface area contributed by atoms with Gasteiger partial charge < -0.3 is 20.3 Å². The van der Waals surface area contributed by atoms with Crippen molar-refractivity contribution in [1.29, 1.82) is 0 Å². The molecule has 7 heteroatoms. The second-order valence-electron chi connectivity index (χ2n) is 5.47. The fourth-order valence-corrected chi connectivity index (χ4v) is 2.44. The summed E-state index contributed by atoms with van der Waals surface area (Å²) in [5, 5.41) is 23.3. The van der Waals surface area contributed by atoms with Crippen molar-refractivity contribution in [3.63, 3.8) is 0 Å². The lowest BCUT2D eigenvalue weighted by atomic mass is 10.0. The molecule has 0 aliphatic rings. The van der Waals surface area contributed by atoms with Gasteiger partial charge >= 0.3 is 5.97 Å². The molecule has 3 rings (SSSR count). The van der Waals surface area contributed by atoms with Gasteiger partial charge in [0.15, 0.2) is 6.61 Å². The van der Waals surface area contributed by atoms with Gasteiger partial charge in [0.1, 0.15) is 22.9 Å². The van der Waals surface area contributed by atoms with Crippen molar-refractivity contribution < 1.29 is 28.9 Å². The van der Waals surface area contributed by atoms with Crippen molar-refractivity contribution in [3.8, 4) is 11.5 Å². The lowest BCUT2D eigenvalue weighted by Crippen LogP contribution is -2.21. The molecule has 0 fully saturated rings. The van der Waals surface area contributed by atoms with Crippen LogP contribution in [0.25, 0.3) is 10.8 Å². The van der Waals surface area contributed by atoms with Gasteiger partial charge in [0.25, 0.3) is 5.91 Å². The summed E-state index contributed by atoms with van der Waals surface area (Å²) in [6.45, 7) is -0.608. The van der Waals surface area contributed by atoms with E-state index in [4.69, 9.17) is 4.74 Å². The summed E-state index contributed by atoms with van der Waals surface area (Å²) in [4.78, 5) is 23.9. The number of nitrogens with one attached hydrogen (secondary N) is 1. The Labute approximate surface area is 147 Å². The summed E-state index contributed by atoms with van der Waals surface area (Å²) in [6.07, 6.45) is 0. The van der Waals surface area contributed by atoms with E-state index in [2.05, 4.69) is 5.32 Å². The van der Waals surface area contributed by atoms with Gasteiger partial charge in [-0.3, -0.25) is 4.79 Å². The number of aromatic hydroxyl groups is 2. The zero-order chi connectivity index (χ0) is 18.7. The Morgan fingerprint density at radius 2 is 1.65 bits per heavy atom. The van der Waals surface area contributed by atoms with E-state index in [0.29, 0.717) is 11.1 Å². The molecule has 3 aromatic rings. The summed E-state index contributed by atoms with van der Waals surface area (Å²) in [5.41, 5.74) is 0.0921. The molecule has 0 spiro atoms. The first kappa shape index (κ1) is 17.2. The molecule has 0 radical (unpaired) electrons. The second kappa shape index (κ2) is 7.10. The van der Waals surface area contributed by atoms with Crippen molar-refractivity contribution >= 4 is 28.3 Å². The Bertz CT molecular complexity index is 985. The van der Waals surface area contributed by atoms with Crippen molar-refractivity contribution in [2.45, 2.75) is 0 Å². The quantitative estimate of drug-likeness (QED) is 0.493. The number of rotatable bonds is 4. The first-order valence-corrected chi connectivity index (χ1v) is 7.62. The molecule has 6 nitrogen and oxygen atoms in total. The number of hydrogen-bond donors (Lipinski definition) is 3. The van der Waals surface area contributed by atoms with Gasteiger partial charge in [0, 0.05) is 16.5 Å². The van der Waals surface area contributed by atoms with E-state index >= 15 is 0 Å². The SMILES string of the molecule is O=C(COC(=O)c1cc(O)c2ccccc2c1O)Nc1ccc(F)cc1. The molecule has 0 bridgehead atoms. The topological polar surface area (TPSA) is 95.9 Å². The number of hydrogen-bond acceptors (Lipinski definition) is 5. The number of fused-ring (bicyclic) bond motifs is 1. The van der Waals surface area contributed by atoms with Gasteiger partial charge in [-0.15, -0.1) is 0 Å². The number of esters is 1. The van der Waals surface area contributed by atoms with Crippen molar-refractivity contribution in [1.82, 2.24) is 0 Å². The zero-order valence-electron chi connectivity index (χ0n) is 13.4. The molecular weight excluding hydrogens is 341 g/mol. The number of anilines is 1. The van der Waals surface area contributed by atoms with E-state index in [-0.39, 0.29) is 22.4 Å². The molecule has 0 aromatic heterocycles. The minimum Gasteiger partial charge on any atom is -0.507 e. The molecule has 0 saturated carbocycles. The summed E-state index contributed by atoms with van der Waals surface area (Å²) < 4.78 is 17.7. The maximum Gasteiger partial charge on any atom is 0.342 e. The van der Waals surface area contributed by atoms with E-state index in [1.54, 1.807) is 24.3 Å². The molecule has 0 heterocycles. The molecule has 0 saturated heterocycles. The standard InChI is InChI=1S/C19H14FNO5/c20-11-5-7-12(8-6-11)21-17(23)10-26-19(25)15-9-16(22)13-3-1-2-4-14(13)18(15)24/h1-9,22,24H,10H2,(H,21,23). The zero-order valence-corrected chi connectivity index (χ0v) is 13.4. The van der Waals surface area contributed by atoms with E-state index < -0.39 is 24.3 Å². The number of amides is 1. The number of carbonyl (C=O) groups excluding carboxylic acids is 2. The van der Waals surface area contributed by atoms with Crippen LogP contribution >= 0.6 is 0 Å². The van der Waals surface area contributed by atoms with E-state index in [1.165, 1.54) is 24.3 Å². The maximum absolute atomic E-state index is 12.8. The van der Waals surface area contributed by atoms with Gasteiger partial charge in [-0.1, -0.05) is 24.3 Å². The molecule has 3 aromatic carbocycles. The third kappa shape index (κ3) is 3.56. The summed E-state index contributed by atoms with van der Waals surface area (Å²) >= 11 is 0. The number of ether oxygens (including phenoxy) is 1. The predicted octanol–water partition coefficient (Wildman–Crippen LogP) is 3.19. The first-order chi connectivity index (χ1) is 12.5. The van der Waals surface area contributed by atoms with Crippen molar-refractivity contribution in [2.24, 2.45) is 0 Å². The van der Waals surface area contributed by atoms with Crippen LogP contribution in [0.1, 0.15) is 10.4 Å². The van der Waals surface area contributed by atoms with Crippen LogP contribution in [0.4, 0.5) is 10.1 Å². The van der Waals surface area contributed by atoms with Gasteiger partial charge in [0.2, 0.25) is 0 Å². The molecule has 0 aliphatic heterocycles. The Balaban J connectivity index is 1.70. The van der Waals surface area contributed by atoms with Gasteiger partial charge in [-0.05, 0) is 30.3 Å². The highest BCUT2D eigenvalue weighted by Crippen LogP contribution is 2.35. The monoisotopic (exact) mass is 355 g/mol. The number of benzene rings is 3. The van der Waals surface area contributed by atoms with Crippen molar-refractivity contribution in [3.05, 3.63) is 66.0 Å². The van der Waals surface area contributed by atoms with Gasteiger partial charge in [-0.2, -0.15) is 0 Å². The number of carbonyl (C=O) groups is 2. The molecule has 0 aliphatic carbocycles. The minimum absolute atomic E-state index is 0.193. The first-order valence-electron chi connectivity index (χ1n) is 7.62. The van der Waals surface area contributed by atoms with Crippen LogP contribution in [0.2, 0.25) is 0 Å². The third-order valence-electron chi connectivity index (χ3n) is 3.68. The van der Waals surface area contributed by atoms with Crippen LogP contribution < -0.4 is 5.32 Å². The lowest BCUT2D eigenvalue weighted by Gasteiger charge is -2.10. The lowest BCUT2D eigenvalue weighted by molar-refractivity contribution is -0.119. The van der Waals surface area contributed by atoms with E-state index in [0.717, 1.165) is 6.07 Å². The number of phenols is 2. The molecule has 0 atom stereocenters. The Morgan fingerprint density at radius 3 is 2.35 bits per heavy atom. The minimum atomic E-state index is -0.960. The average Bonchev–Trinajstić information content (AvgIpc) is 2.64. The van der Waals surface area contributed by atoms with Gasteiger partial charge in [0.05, 0.1) is 0 Å². The highest BCUT2D eigenvalue weighted by Gasteiger charge is 2.19. The molecule has 0 unspecified atom stereocenters. The van der Waals surface area contributed by atoms with Crippen LogP contribution in [-0.4, -0.2) is 28.7 Å². The summed E-state index contributed by atoms with van der Waals surface area (Å²) in [7, 11) is 0. The Kier molecular flexibility index (Phi) is 4.70.